The number of hydrogen-bond donors (Lipinski definition) is 1. The molecule has 3 aromatic heterocycles. The zero-order chi connectivity index (χ0) is 18.7. The molecule has 0 fully saturated rings. The van der Waals surface area contributed by atoms with Gasteiger partial charge in [0.15, 0.2) is 11.2 Å². The maximum absolute atomic E-state index is 12.3. The van der Waals surface area contributed by atoms with Crippen LogP contribution < -0.4 is 16.7 Å². The molecule has 0 bridgehead atoms. The summed E-state index contributed by atoms with van der Waals surface area (Å²) in [6.45, 7) is -0.164. The van der Waals surface area contributed by atoms with Gasteiger partial charge in [0.1, 0.15) is 12.3 Å². The monoisotopic (exact) mass is 356 g/mol. The fraction of sp³-hybridized carbons (Fsp3) is 0.188. The topological polar surface area (TPSA) is 116 Å². The second kappa shape index (κ2) is 7.05. The van der Waals surface area contributed by atoms with E-state index in [9.17, 15) is 14.4 Å². The van der Waals surface area contributed by atoms with Crippen molar-refractivity contribution in [3.8, 4) is 0 Å². The van der Waals surface area contributed by atoms with Crippen LogP contribution in [0.5, 0.6) is 0 Å². The van der Waals surface area contributed by atoms with Gasteiger partial charge < -0.3 is 8.98 Å². The van der Waals surface area contributed by atoms with Gasteiger partial charge in [-0.1, -0.05) is 0 Å². The lowest BCUT2D eigenvalue weighted by Crippen LogP contribution is -2.38. The zero-order valence-electron chi connectivity index (χ0n) is 14.1. The number of carbonyl (C=O) groups excluding carboxylic acids is 1. The first-order valence-corrected chi connectivity index (χ1v) is 7.62. The summed E-state index contributed by atoms with van der Waals surface area (Å²) in [5.41, 5.74) is 1.74. The van der Waals surface area contributed by atoms with Crippen molar-refractivity contribution in [3.05, 3.63) is 57.4 Å². The molecule has 10 heteroatoms. The number of allylic oxidation sites excluding steroid dienone is 1. The number of nitrogens with one attached hydrogen (secondary N) is 1. The van der Waals surface area contributed by atoms with Crippen LogP contribution in [0.15, 0.2) is 49.9 Å². The van der Waals surface area contributed by atoms with Crippen molar-refractivity contribution in [1.82, 2.24) is 24.1 Å². The van der Waals surface area contributed by atoms with Crippen molar-refractivity contribution < 1.29 is 9.21 Å². The van der Waals surface area contributed by atoms with Crippen molar-refractivity contribution >= 4 is 29.4 Å². The van der Waals surface area contributed by atoms with Gasteiger partial charge in [0.05, 0.1) is 12.6 Å². The van der Waals surface area contributed by atoms with Crippen molar-refractivity contribution in [1.29, 1.82) is 0 Å². The Kier molecular flexibility index (Phi) is 4.65. The van der Waals surface area contributed by atoms with E-state index >= 15 is 0 Å². The Hall–Kier alpha value is -3.69. The highest BCUT2D eigenvalue weighted by molar-refractivity contribution is 5.82. The highest BCUT2D eigenvalue weighted by Crippen LogP contribution is 2.05. The number of carbonyl (C=O) groups is 1. The van der Waals surface area contributed by atoms with E-state index in [0.717, 1.165) is 4.57 Å². The van der Waals surface area contributed by atoms with E-state index in [-0.39, 0.29) is 17.7 Å². The van der Waals surface area contributed by atoms with Gasteiger partial charge in [-0.2, -0.15) is 5.10 Å². The summed E-state index contributed by atoms with van der Waals surface area (Å²) in [6, 6.07) is 3.54. The van der Waals surface area contributed by atoms with Gasteiger partial charge in [-0.25, -0.2) is 15.2 Å². The molecular formula is C16H16N6O4. The molecule has 0 aliphatic heterocycles. The minimum Gasteiger partial charge on any atom is -0.465 e. The molecule has 3 rings (SSSR count). The third kappa shape index (κ3) is 3.24. The smallest absolute Gasteiger partial charge is 0.332 e. The fourth-order valence-corrected chi connectivity index (χ4v) is 2.38. The van der Waals surface area contributed by atoms with Crippen LogP contribution in [0.1, 0.15) is 5.76 Å². The van der Waals surface area contributed by atoms with Crippen LogP contribution in [-0.4, -0.2) is 30.8 Å². The third-order valence-corrected chi connectivity index (χ3v) is 3.68. The molecule has 0 aromatic carbocycles. The summed E-state index contributed by atoms with van der Waals surface area (Å²) in [5.74, 6) is 0.219. The van der Waals surface area contributed by atoms with Crippen LogP contribution in [0.4, 0.5) is 0 Å². The Labute approximate surface area is 146 Å². The lowest BCUT2D eigenvalue weighted by atomic mass is 10.4. The molecule has 0 spiro atoms. The van der Waals surface area contributed by atoms with Crippen LogP contribution >= 0.6 is 0 Å². The molecule has 0 saturated carbocycles. The van der Waals surface area contributed by atoms with Crippen LogP contribution in [-0.2, 0) is 25.4 Å². The van der Waals surface area contributed by atoms with E-state index in [0.29, 0.717) is 5.76 Å². The molecule has 3 heterocycles. The van der Waals surface area contributed by atoms with E-state index in [2.05, 4.69) is 15.5 Å². The standard InChI is InChI=1S/C16H16N6O4/c1-20-14-13(15(24)21(2)16(20)25)22(10-17-14)9-12(23)19-18-7-3-5-11-6-4-8-26-11/h3-8,10H,9H2,1-2H3,(H,19,23)/b5-3-,18-7-. The molecule has 26 heavy (non-hydrogen) atoms. The molecule has 0 saturated heterocycles. The molecule has 0 aliphatic carbocycles. The van der Waals surface area contributed by atoms with Crippen LogP contribution in [0, 0.1) is 0 Å². The summed E-state index contributed by atoms with van der Waals surface area (Å²) >= 11 is 0. The first kappa shape index (κ1) is 17.1. The molecule has 10 nitrogen and oxygen atoms in total. The number of fused-ring (bicyclic) bond motifs is 1. The van der Waals surface area contributed by atoms with Crippen LogP contribution in [0.25, 0.3) is 17.2 Å². The van der Waals surface area contributed by atoms with Crippen molar-refractivity contribution in [3.63, 3.8) is 0 Å². The average molecular weight is 356 g/mol. The Morgan fingerprint density at radius 1 is 1.35 bits per heavy atom. The summed E-state index contributed by atoms with van der Waals surface area (Å²) in [5, 5.41) is 3.78. The molecule has 134 valence electrons. The normalized spacial score (nSPS) is 11.8. The summed E-state index contributed by atoms with van der Waals surface area (Å²) < 4.78 is 8.71. The van der Waals surface area contributed by atoms with Crippen LogP contribution in [0.3, 0.4) is 0 Å². The quantitative estimate of drug-likeness (QED) is 0.504. The highest BCUT2D eigenvalue weighted by Gasteiger charge is 2.15. The summed E-state index contributed by atoms with van der Waals surface area (Å²) in [7, 11) is 2.88. The van der Waals surface area contributed by atoms with Gasteiger partial charge in [0.25, 0.3) is 11.5 Å². The Bertz CT molecular complexity index is 1110. The maximum atomic E-state index is 12.3. The molecule has 0 aliphatic rings. The first-order valence-electron chi connectivity index (χ1n) is 7.62. The predicted molar refractivity (Wildman–Crippen MR) is 94.6 cm³/mol. The summed E-state index contributed by atoms with van der Waals surface area (Å²) in [6.07, 6.45) is 7.58. The van der Waals surface area contributed by atoms with E-state index in [1.165, 1.54) is 35.8 Å². The molecule has 3 aromatic rings. The molecule has 0 radical (unpaired) electrons. The number of hydrazone groups is 1. The van der Waals surface area contributed by atoms with E-state index in [1.54, 1.807) is 30.5 Å². The first-order chi connectivity index (χ1) is 12.5. The minimum absolute atomic E-state index is 0.164. The van der Waals surface area contributed by atoms with Gasteiger partial charge in [0, 0.05) is 20.3 Å². The number of aromatic nitrogens is 4. The second-order valence-corrected chi connectivity index (χ2v) is 5.44. The molecule has 1 N–H and O–H groups in total. The van der Waals surface area contributed by atoms with Crippen LogP contribution in [0.2, 0.25) is 0 Å². The van der Waals surface area contributed by atoms with Crippen molar-refractivity contribution in [2.75, 3.05) is 0 Å². The molecule has 0 unspecified atom stereocenters. The van der Waals surface area contributed by atoms with Gasteiger partial charge in [-0.05, 0) is 24.3 Å². The van der Waals surface area contributed by atoms with E-state index < -0.39 is 17.2 Å². The zero-order valence-corrected chi connectivity index (χ0v) is 14.1. The molecule has 1 amide bonds. The Morgan fingerprint density at radius 3 is 2.88 bits per heavy atom. The average Bonchev–Trinajstić information content (AvgIpc) is 3.28. The number of rotatable bonds is 5. The lowest BCUT2D eigenvalue weighted by Gasteiger charge is -2.05. The van der Waals surface area contributed by atoms with E-state index in [4.69, 9.17) is 4.42 Å². The molecular weight excluding hydrogens is 340 g/mol. The Balaban J connectivity index is 1.72. The van der Waals surface area contributed by atoms with Gasteiger partial charge in [-0.3, -0.25) is 18.7 Å². The maximum Gasteiger partial charge on any atom is 0.332 e. The lowest BCUT2D eigenvalue weighted by molar-refractivity contribution is -0.121. The number of imidazole rings is 1. The number of amides is 1. The minimum atomic E-state index is -0.515. The third-order valence-electron chi connectivity index (χ3n) is 3.68. The van der Waals surface area contributed by atoms with Gasteiger partial charge >= 0.3 is 5.69 Å². The van der Waals surface area contributed by atoms with Gasteiger partial charge in [0.2, 0.25) is 0 Å². The summed E-state index contributed by atoms with van der Waals surface area (Å²) in [4.78, 5) is 40.2. The predicted octanol–water partition coefficient (Wildman–Crippen LogP) is -0.158. The largest absolute Gasteiger partial charge is 0.465 e. The SMILES string of the molecule is Cn1c(=O)c2c(ncn2CC(=O)N/N=C\C=C/c2ccco2)n(C)c1=O. The number of hydrogen-bond acceptors (Lipinski definition) is 6. The highest BCUT2D eigenvalue weighted by atomic mass is 16.3. The van der Waals surface area contributed by atoms with E-state index in [1.807, 2.05) is 0 Å². The number of furan rings is 1. The van der Waals surface area contributed by atoms with Crippen molar-refractivity contribution in [2.45, 2.75) is 6.54 Å². The number of aryl methyl sites for hydroxylation is 1. The Morgan fingerprint density at radius 2 is 2.15 bits per heavy atom. The second-order valence-electron chi connectivity index (χ2n) is 5.44. The van der Waals surface area contributed by atoms with Crippen molar-refractivity contribution in [2.24, 2.45) is 19.2 Å². The van der Waals surface area contributed by atoms with Gasteiger partial charge in [-0.15, -0.1) is 0 Å². The molecule has 0 atom stereocenters. The fourth-order valence-electron chi connectivity index (χ4n) is 2.38. The number of nitrogens with zero attached hydrogens (tertiary/aromatic N) is 5.